The van der Waals surface area contributed by atoms with E-state index in [1.54, 1.807) is 13.8 Å². The number of anilines is 1. The first-order chi connectivity index (χ1) is 10.4. The van der Waals surface area contributed by atoms with Crippen molar-refractivity contribution in [2.24, 2.45) is 0 Å². The highest BCUT2D eigenvalue weighted by atomic mass is 32.2. The maximum atomic E-state index is 13.7. The van der Waals surface area contributed by atoms with Crippen LogP contribution in [0.4, 0.5) is 14.5 Å². The number of amides is 1. The summed E-state index contributed by atoms with van der Waals surface area (Å²) in [6.45, 7) is 5.34. The Kier molecular flexibility index (Phi) is 5.18. The summed E-state index contributed by atoms with van der Waals surface area (Å²) in [5.74, 6) is -1.02. The van der Waals surface area contributed by atoms with Gasteiger partial charge in [-0.05, 0) is 39.0 Å². The molecule has 118 valence electrons. The van der Waals surface area contributed by atoms with Gasteiger partial charge in [0.15, 0.2) is 0 Å². The van der Waals surface area contributed by atoms with Gasteiger partial charge < -0.3 is 5.32 Å². The number of nitrogens with zero attached hydrogens (tertiary/aromatic N) is 1. The number of carbonyl (C=O) groups excluding carboxylic acids is 1. The van der Waals surface area contributed by atoms with E-state index in [1.807, 2.05) is 6.92 Å². The Morgan fingerprint density at radius 1 is 1.41 bits per heavy atom. The van der Waals surface area contributed by atoms with E-state index < -0.39 is 11.6 Å². The van der Waals surface area contributed by atoms with Crippen molar-refractivity contribution in [2.75, 3.05) is 11.1 Å². The molecule has 1 atom stereocenters. The lowest BCUT2D eigenvalue weighted by Gasteiger charge is -2.13. The number of aromatic amines is 1. The Balaban J connectivity index is 1.95. The van der Waals surface area contributed by atoms with Crippen molar-refractivity contribution in [3.63, 3.8) is 0 Å². The molecule has 0 saturated heterocycles. The standard InChI is InChI=1S/C15H17F2N3OS/c1-8-15(9(2)20-19-8)18-14(21)7-22-10(3)12-6-11(16)4-5-13(12)17/h4-6,10H,7H2,1-3H3,(H,18,21)(H,19,20)/t10-/m1/s1. The van der Waals surface area contributed by atoms with Crippen LogP contribution in [0.1, 0.15) is 29.1 Å². The molecule has 2 aromatic rings. The fraction of sp³-hybridized carbons (Fsp3) is 0.333. The Labute approximate surface area is 131 Å². The zero-order valence-corrected chi connectivity index (χ0v) is 13.4. The molecule has 0 bridgehead atoms. The van der Waals surface area contributed by atoms with Crippen molar-refractivity contribution in [3.8, 4) is 0 Å². The first-order valence-corrected chi connectivity index (χ1v) is 7.81. The van der Waals surface area contributed by atoms with E-state index >= 15 is 0 Å². The quantitative estimate of drug-likeness (QED) is 0.880. The van der Waals surface area contributed by atoms with Crippen LogP contribution in [0, 0.1) is 25.5 Å². The Morgan fingerprint density at radius 2 is 2.14 bits per heavy atom. The molecule has 4 nitrogen and oxygen atoms in total. The molecule has 0 spiro atoms. The molecule has 0 aliphatic rings. The van der Waals surface area contributed by atoms with Crippen LogP contribution in [0.2, 0.25) is 0 Å². The summed E-state index contributed by atoms with van der Waals surface area (Å²) in [4.78, 5) is 12.0. The average Bonchev–Trinajstić information content (AvgIpc) is 2.79. The minimum absolute atomic E-state index is 0.140. The minimum atomic E-state index is -0.488. The lowest BCUT2D eigenvalue weighted by atomic mass is 10.1. The second-order valence-corrected chi connectivity index (χ2v) is 6.31. The molecule has 2 N–H and O–H groups in total. The van der Waals surface area contributed by atoms with Gasteiger partial charge in [0.25, 0.3) is 0 Å². The number of halogens is 2. The van der Waals surface area contributed by atoms with Crippen LogP contribution < -0.4 is 5.32 Å². The molecule has 0 radical (unpaired) electrons. The number of aryl methyl sites for hydroxylation is 2. The molecule has 0 saturated carbocycles. The molecule has 2 rings (SSSR count). The predicted molar refractivity (Wildman–Crippen MR) is 83.9 cm³/mol. The third kappa shape index (κ3) is 3.85. The van der Waals surface area contributed by atoms with Crippen molar-refractivity contribution in [3.05, 3.63) is 46.8 Å². The van der Waals surface area contributed by atoms with Gasteiger partial charge in [-0.2, -0.15) is 5.10 Å². The van der Waals surface area contributed by atoms with Gasteiger partial charge in [-0.3, -0.25) is 9.89 Å². The lowest BCUT2D eigenvalue weighted by Crippen LogP contribution is -2.15. The number of H-pyrrole nitrogens is 1. The third-order valence-corrected chi connectivity index (χ3v) is 4.44. The van der Waals surface area contributed by atoms with Crippen LogP contribution in [0.25, 0.3) is 0 Å². The second kappa shape index (κ2) is 6.91. The molecule has 0 fully saturated rings. The summed E-state index contributed by atoms with van der Waals surface area (Å²) in [6, 6.07) is 3.34. The van der Waals surface area contributed by atoms with Crippen molar-refractivity contribution in [1.82, 2.24) is 10.2 Å². The van der Waals surface area contributed by atoms with Gasteiger partial charge in [-0.15, -0.1) is 11.8 Å². The van der Waals surface area contributed by atoms with E-state index in [0.717, 1.165) is 23.9 Å². The zero-order chi connectivity index (χ0) is 16.3. The summed E-state index contributed by atoms with van der Waals surface area (Å²) in [7, 11) is 0. The highest BCUT2D eigenvalue weighted by molar-refractivity contribution is 8.00. The van der Waals surface area contributed by atoms with E-state index in [2.05, 4.69) is 15.5 Å². The molecule has 7 heteroatoms. The maximum absolute atomic E-state index is 13.7. The summed E-state index contributed by atoms with van der Waals surface area (Å²) >= 11 is 1.24. The van der Waals surface area contributed by atoms with Crippen molar-refractivity contribution in [1.29, 1.82) is 0 Å². The van der Waals surface area contributed by atoms with E-state index in [0.29, 0.717) is 11.4 Å². The molecule has 1 aromatic carbocycles. The Bertz CT molecular complexity index is 668. The van der Waals surface area contributed by atoms with Crippen molar-refractivity contribution in [2.45, 2.75) is 26.0 Å². The van der Waals surface area contributed by atoms with Gasteiger partial charge in [-0.25, -0.2) is 8.78 Å². The van der Waals surface area contributed by atoms with Crippen LogP contribution >= 0.6 is 11.8 Å². The SMILES string of the molecule is Cc1n[nH]c(C)c1NC(=O)CS[C@H](C)c1cc(F)ccc1F. The van der Waals surface area contributed by atoms with Gasteiger partial charge in [0.1, 0.15) is 11.6 Å². The molecule has 1 heterocycles. The fourth-order valence-electron chi connectivity index (χ4n) is 2.03. The smallest absolute Gasteiger partial charge is 0.234 e. The topological polar surface area (TPSA) is 57.8 Å². The van der Waals surface area contributed by atoms with E-state index in [-0.39, 0.29) is 22.5 Å². The van der Waals surface area contributed by atoms with Crippen LogP contribution in [0.5, 0.6) is 0 Å². The van der Waals surface area contributed by atoms with Gasteiger partial charge >= 0.3 is 0 Å². The van der Waals surface area contributed by atoms with E-state index in [4.69, 9.17) is 0 Å². The normalized spacial score (nSPS) is 12.2. The third-order valence-electron chi connectivity index (χ3n) is 3.25. The highest BCUT2D eigenvalue weighted by Crippen LogP contribution is 2.30. The van der Waals surface area contributed by atoms with Crippen LogP contribution in [-0.4, -0.2) is 21.9 Å². The number of thioether (sulfide) groups is 1. The molecular weight excluding hydrogens is 308 g/mol. The molecular formula is C15H17F2N3OS. The number of rotatable bonds is 5. The molecule has 0 unspecified atom stereocenters. The van der Waals surface area contributed by atoms with Crippen LogP contribution in [0.3, 0.4) is 0 Å². The second-order valence-electron chi connectivity index (χ2n) is 4.98. The first kappa shape index (κ1) is 16.5. The van der Waals surface area contributed by atoms with Gasteiger partial charge in [-0.1, -0.05) is 0 Å². The largest absolute Gasteiger partial charge is 0.322 e. The molecule has 0 aliphatic carbocycles. The Hall–Kier alpha value is -1.89. The highest BCUT2D eigenvalue weighted by Gasteiger charge is 2.15. The van der Waals surface area contributed by atoms with E-state index in [1.165, 1.54) is 11.8 Å². The number of aromatic nitrogens is 2. The van der Waals surface area contributed by atoms with Crippen LogP contribution in [-0.2, 0) is 4.79 Å². The van der Waals surface area contributed by atoms with Gasteiger partial charge in [0.05, 0.1) is 22.8 Å². The number of hydrogen-bond acceptors (Lipinski definition) is 3. The summed E-state index contributed by atoms with van der Waals surface area (Å²) < 4.78 is 26.8. The lowest BCUT2D eigenvalue weighted by molar-refractivity contribution is -0.113. The molecule has 22 heavy (non-hydrogen) atoms. The first-order valence-electron chi connectivity index (χ1n) is 6.76. The van der Waals surface area contributed by atoms with E-state index in [9.17, 15) is 13.6 Å². The fourth-order valence-corrected chi connectivity index (χ4v) is 2.86. The number of nitrogens with one attached hydrogen (secondary N) is 2. The summed E-state index contributed by atoms with van der Waals surface area (Å²) in [6.07, 6.45) is 0. The average molecular weight is 325 g/mol. The monoisotopic (exact) mass is 325 g/mol. The van der Waals surface area contributed by atoms with Gasteiger partial charge in [0.2, 0.25) is 5.91 Å². The predicted octanol–water partition coefficient (Wildman–Crippen LogP) is 3.74. The minimum Gasteiger partial charge on any atom is -0.322 e. The van der Waals surface area contributed by atoms with Crippen molar-refractivity contribution >= 4 is 23.4 Å². The number of carbonyl (C=O) groups is 1. The van der Waals surface area contributed by atoms with Crippen molar-refractivity contribution < 1.29 is 13.6 Å². The van der Waals surface area contributed by atoms with Gasteiger partial charge in [0, 0.05) is 10.8 Å². The zero-order valence-electron chi connectivity index (χ0n) is 12.5. The Morgan fingerprint density at radius 3 is 2.77 bits per heavy atom. The maximum Gasteiger partial charge on any atom is 0.234 e. The molecule has 1 aromatic heterocycles. The summed E-state index contributed by atoms with van der Waals surface area (Å²) in [5, 5.41) is 9.22. The molecule has 1 amide bonds. The summed E-state index contributed by atoms with van der Waals surface area (Å²) in [5.41, 5.74) is 2.41. The molecule has 0 aliphatic heterocycles. The van der Waals surface area contributed by atoms with Crippen LogP contribution in [0.15, 0.2) is 18.2 Å². The number of hydrogen-bond donors (Lipinski definition) is 2. The number of benzene rings is 1.